The summed E-state index contributed by atoms with van der Waals surface area (Å²) in [5, 5.41) is 0. The molecule has 25 heavy (non-hydrogen) atoms. The van der Waals surface area contributed by atoms with Gasteiger partial charge >= 0.3 is 5.97 Å². The third kappa shape index (κ3) is 2.22. The molecule has 0 radical (unpaired) electrons. The molecule has 5 aliphatic rings. The van der Waals surface area contributed by atoms with E-state index in [4.69, 9.17) is 14.5 Å². The molecule has 3 aliphatic carbocycles. The third-order valence-electron chi connectivity index (χ3n) is 8.06. The second-order valence-corrected chi connectivity index (χ2v) is 9.57. The highest BCUT2D eigenvalue weighted by Crippen LogP contribution is 2.67. The van der Waals surface area contributed by atoms with E-state index in [0.717, 1.165) is 38.5 Å². The first kappa shape index (κ1) is 17.5. The van der Waals surface area contributed by atoms with Crippen LogP contribution in [0.4, 0.5) is 0 Å². The Kier molecular flexibility index (Phi) is 3.90. The van der Waals surface area contributed by atoms with Crippen LogP contribution in [0, 0.1) is 28.6 Å². The Morgan fingerprint density at radius 2 is 2.00 bits per heavy atom. The molecular weight excluding hydrogens is 316 g/mol. The highest BCUT2D eigenvalue weighted by Gasteiger charge is 2.66. The number of fused-ring (bicyclic) bond motifs is 2. The highest BCUT2D eigenvalue weighted by molar-refractivity contribution is 5.77. The molecule has 2 aliphatic heterocycles. The van der Waals surface area contributed by atoms with E-state index >= 15 is 0 Å². The first-order chi connectivity index (χ1) is 11.8. The Hall–Kier alpha value is -0.870. The van der Waals surface area contributed by atoms with Crippen LogP contribution in [0.3, 0.4) is 0 Å². The standard InChI is InChI=1S/C21H32O4/c1-13(2)14-12-21-10-7-16-19(3,17(21)11-15(14)24-25-21)8-6-9-20(16,4)18(22)23-5/h12-13,15-17H,6-11H2,1-5H3/t15-,16-,17-,19+,20-,21-/m1/s1. The molecule has 140 valence electrons. The molecule has 1 saturated heterocycles. The molecular formula is C21H32O4. The van der Waals surface area contributed by atoms with Gasteiger partial charge in [-0.25, -0.2) is 9.78 Å². The van der Waals surface area contributed by atoms with Crippen molar-refractivity contribution in [2.75, 3.05) is 7.11 Å². The van der Waals surface area contributed by atoms with Gasteiger partial charge in [-0.3, -0.25) is 4.79 Å². The van der Waals surface area contributed by atoms with Gasteiger partial charge in [0.2, 0.25) is 0 Å². The number of hydrogen-bond donors (Lipinski definition) is 0. The summed E-state index contributed by atoms with van der Waals surface area (Å²) in [6.07, 6.45) is 8.61. The van der Waals surface area contributed by atoms with Gasteiger partial charge in [0.25, 0.3) is 0 Å². The molecule has 4 nitrogen and oxygen atoms in total. The van der Waals surface area contributed by atoms with Crippen LogP contribution >= 0.6 is 0 Å². The Bertz CT molecular complexity index is 611. The van der Waals surface area contributed by atoms with Gasteiger partial charge < -0.3 is 4.74 Å². The van der Waals surface area contributed by atoms with Crippen molar-refractivity contribution in [2.45, 2.75) is 77.9 Å². The zero-order chi connectivity index (χ0) is 18.0. The Labute approximate surface area is 151 Å². The maximum absolute atomic E-state index is 12.7. The lowest BCUT2D eigenvalue weighted by Crippen LogP contribution is -2.65. The van der Waals surface area contributed by atoms with Crippen LogP contribution in [0.2, 0.25) is 0 Å². The highest BCUT2D eigenvalue weighted by atomic mass is 17.2. The number of carbonyl (C=O) groups is 1. The Balaban J connectivity index is 1.74. The van der Waals surface area contributed by atoms with Gasteiger partial charge in [0, 0.05) is 5.92 Å². The van der Waals surface area contributed by atoms with Gasteiger partial charge in [-0.2, -0.15) is 0 Å². The van der Waals surface area contributed by atoms with Gasteiger partial charge in [-0.15, -0.1) is 0 Å². The third-order valence-corrected chi connectivity index (χ3v) is 8.06. The molecule has 6 atom stereocenters. The van der Waals surface area contributed by atoms with E-state index in [1.165, 1.54) is 12.7 Å². The quantitative estimate of drug-likeness (QED) is 0.420. The van der Waals surface area contributed by atoms with Crippen LogP contribution in [-0.4, -0.2) is 24.8 Å². The molecule has 3 fully saturated rings. The van der Waals surface area contributed by atoms with Gasteiger partial charge in [0.15, 0.2) is 0 Å². The van der Waals surface area contributed by atoms with E-state index in [9.17, 15) is 4.79 Å². The van der Waals surface area contributed by atoms with Crippen molar-refractivity contribution in [2.24, 2.45) is 28.6 Å². The van der Waals surface area contributed by atoms with Crippen LogP contribution in [0.5, 0.6) is 0 Å². The molecule has 0 N–H and O–H groups in total. The fourth-order valence-corrected chi connectivity index (χ4v) is 6.83. The summed E-state index contributed by atoms with van der Waals surface area (Å²) in [5.74, 6) is 1.24. The zero-order valence-corrected chi connectivity index (χ0v) is 16.3. The van der Waals surface area contributed by atoms with Gasteiger partial charge in [-0.1, -0.05) is 27.2 Å². The number of rotatable bonds is 2. The van der Waals surface area contributed by atoms with Crippen molar-refractivity contribution >= 4 is 5.97 Å². The Morgan fingerprint density at radius 1 is 1.24 bits per heavy atom. The van der Waals surface area contributed by atoms with Crippen molar-refractivity contribution in [3.05, 3.63) is 11.6 Å². The van der Waals surface area contributed by atoms with E-state index < -0.39 is 0 Å². The van der Waals surface area contributed by atoms with Crippen LogP contribution in [0.1, 0.15) is 66.2 Å². The summed E-state index contributed by atoms with van der Waals surface area (Å²) in [6, 6.07) is 0. The van der Waals surface area contributed by atoms with Crippen LogP contribution < -0.4 is 0 Å². The van der Waals surface area contributed by atoms with Crippen LogP contribution in [-0.2, 0) is 19.3 Å². The van der Waals surface area contributed by atoms with E-state index in [-0.39, 0.29) is 28.5 Å². The molecule has 0 aromatic rings. The van der Waals surface area contributed by atoms with Crippen LogP contribution in [0.25, 0.3) is 0 Å². The van der Waals surface area contributed by atoms with Gasteiger partial charge in [0.1, 0.15) is 11.7 Å². The predicted octanol–water partition coefficient (Wildman–Crippen LogP) is 4.44. The average molecular weight is 348 g/mol. The molecule has 1 spiro atoms. The topological polar surface area (TPSA) is 44.8 Å². The number of carbonyl (C=O) groups excluding carboxylic acids is 1. The number of esters is 1. The lowest BCUT2D eigenvalue weighted by molar-refractivity contribution is -0.434. The largest absolute Gasteiger partial charge is 0.469 e. The lowest BCUT2D eigenvalue weighted by atomic mass is 9.43. The zero-order valence-electron chi connectivity index (χ0n) is 16.3. The summed E-state index contributed by atoms with van der Waals surface area (Å²) in [4.78, 5) is 24.5. The molecule has 4 heteroatoms. The van der Waals surface area contributed by atoms with E-state index in [1.54, 1.807) is 0 Å². The summed E-state index contributed by atoms with van der Waals surface area (Å²) < 4.78 is 5.22. The number of methoxy groups -OCH3 is 1. The first-order valence-corrected chi connectivity index (χ1v) is 9.92. The summed E-state index contributed by atoms with van der Waals surface area (Å²) in [7, 11) is 1.53. The van der Waals surface area contributed by atoms with Crippen molar-refractivity contribution in [3.63, 3.8) is 0 Å². The smallest absolute Gasteiger partial charge is 0.311 e. The maximum atomic E-state index is 12.7. The molecule has 0 aromatic heterocycles. The lowest BCUT2D eigenvalue weighted by Gasteiger charge is -2.64. The molecule has 0 amide bonds. The molecule has 2 saturated carbocycles. The first-order valence-electron chi connectivity index (χ1n) is 9.92. The predicted molar refractivity (Wildman–Crippen MR) is 94.5 cm³/mol. The fourth-order valence-electron chi connectivity index (χ4n) is 6.83. The van der Waals surface area contributed by atoms with E-state index in [2.05, 4.69) is 33.8 Å². The number of ether oxygens (including phenoxy) is 1. The molecule has 5 rings (SSSR count). The minimum absolute atomic E-state index is 0.0316. The van der Waals surface area contributed by atoms with Crippen molar-refractivity contribution in [3.8, 4) is 0 Å². The molecule has 2 bridgehead atoms. The maximum Gasteiger partial charge on any atom is 0.311 e. The normalized spacial score (nSPS) is 48.6. The number of hydrogen-bond acceptors (Lipinski definition) is 4. The van der Waals surface area contributed by atoms with Crippen LogP contribution in [0.15, 0.2) is 11.6 Å². The minimum Gasteiger partial charge on any atom is -0.469 e. The second kappa shape index (κ2) is 5.56. The Morgan fingerprint density at radius 3 is 2.68 bits per heavy atom. The summed E-state index contributed by atoms with van der Waals surface area (Å²) >= 11 is 0. The monoisotopic (exact) mass is 348 g/mol. The average Bonchev–Trinajstić information content (AvgIpc) is 2.60. The van der Waals surface area contributed by atoms with Gasteiger partial charge in [-0.05, 0) is 67.9 Å². The van der Waals surface area contributed by atoms with E-state index in [0.29, 0.717) is 17.8 Å². The summed E-state index contributed by atoms with van der Waals surface area (Å²) in [6.45, 7) is 9.01. The minimum atomic E-state index is -0.370. The fraction of sp³-hybridized carbons (Fsp3) is 0.857. The summed E-state index contributed by atoms with van der Waals surface area (Å²) in [5.41, 5.74) is 0.830. The molecule has 0 unspecified atom stereocenters. The van der Waals surface area contributed by atoms with Crippen molar-refractivity contribution < 1.29 is 19.3 Å². The van der Waals surface area contributed by atoms with E-state index in [1.807, 2.05) is 0 Å². The molecule has 2 heterocycles. The van der Waals surface area contributed by atoms with Crippen molar-refractivity contribution in [1.82, 2.24) is 0 Å². The molecule has 0 aromatic carbocycles. The van der Waals surface area contributed by atoms with Gasteiger partial charge in [0.05, 0.1) is 12.5 Å². The van der Waals surface area contributed by atoms with Crippen molar-refractivity contribution in [1.29, 1.82) is 0 Å². The second-order valence-electron chi connectivity index (χ2n) is 9.57. The SMILES string of the molecule is COC(=O)[C@]1(C)CCC[C@@]2(C)[C@H]1CC[C@@]13C=C(C(C)C)[C@@H](C[C@H]21)OO3.